The van der Waals surface area contributed by atoms with Crippen LogP contribution in [0.1, 0.15) is 52.7 Å². The van der Waals surface area contributed by atoms with Crippen LogP contribution in [0.3, 0.4) is 0 Å². The molecule has 0 aliphatic carbocycles. The van der Waals surface area contributed by atoms with Gasteiger partial charge in [0.25, 0.3) is 0 Å². The minimum atomic E-state index is -1.78. The molecule has 0 saturated heterocycles. The predicted octanol–water partition coefficient (Wildman–Crippen LogP) is 6.73. The van der Waals surface area contributed by atoms with Crippen molar-refractivity contribution >= 4 is 8.07 Å². The number of benzene rings is 2. The first-order valence-corrected chi connectivity index (χ1v) is 12.2. The summed E-state index contributed by atoms with van der Waals surface area (Å²) in [5.41, 5.74) is 7.35. The first-order valence-electron chi connectivity index (χ1n) is 10.00. The molecule has 0 bridgehead atoms. The third-order valence-corrected chi connectivity index (χ3v) is 11.8. The fraction of sp³-hybridized carbons (Fsp3) is 0.400. The summed E-state index contributed by atoms with van der Waals surface area (Å²) in [5, 5.41) is 0. The summed E-state index contributed by atoms with van der Waals surface area (Å²) >= 11 is 0. The van der Waals surface area contributed by atoms with Crippen LogP contribution in [-0.4, -0.2) is 15.2 Å². The summed E-state index contributed by atoms with van der Waals surface area (Å²) in [6, 6.07) is 15.6. The monoisotopic (exact) mass is 392 g/mol. The van der Waals surface area contributed by atoms with Gasteiger partial charge in [-0.05, 0) is 40.9 Å². The molecule has 0 N–H and O–H groups in total. The molecule has 0 amide bonds. The van der Waals surface area contributed by atoms with Crippen molar-refractivity contribution in [1.29, 1.82) is 0 Å². The molecule has 0 aliphatic rings. The van der Waals surface area contributed by atoms with Crippen LogP contribution in [0.2, 0.25) is 16.6 Å². The van der Waals surface area contributed by atoms with E-state index in [1.165, 1.54) is 0 Å². The number of hydrogen-bond donors (Lipinski definition) is 0. The molecular weight excluding hydrogens is 360 g/mol. The minimum Gasteiger partial charge on any atom is -0.497 e. The average molecular weight is 393 g/mol. The van der Waals surface area contributed by atoms with E-state index in [4.69, 9.17) is 9.47 Å². The quantitative estimate of drug-likeness (QED) is 0.384. The second kappa shape index (κ2) is 9.84. The van der Waals surface area contributed by atoms with E-state index in [1.54, 1.807) is 7.11 Å². The number of rotatable bonds is 7. The van der Waals surface area contributed by atoms with Crippen molar-refractivity contribution in [1.82, 2.24) is 0 Å². The van der Waals surface area contributed by atoms with Crippen molar-refractivity contribution < 1.29 is 9.47 Å². The molecule has 2 aromatic carbocycles. The van der Waals surface area contributed by atoms with Gasteiger partial charge in [-0.15, -0.1) is 5.54 Å². The summed E-state index contributed by atoms with van der Waals surface area (Å²) in [6.07, 6.45) is 0. The summed E-state index contributed by atoms with van der Waals surface area (Å²) in [6.45, 7) is 17.0. The van der Waals surface area contributed by atoms with E-state index in [2.05, 4.69) is 59.6 Å². The molecule has 0 spiro atoms. The lowest BCUT2D eigenvalue weighted by molar-refractivity contribution is 0.413. The highest BCUT2D eigenvalue weighted by Crippen LogP contribution is 2.41. The van der Waals surface area contributed by atoms with E-state index < -0.39 is 8.07 Å². The Kier molecular flexibility index (Phi) is 7.77. The molecule has 0 atom stereocenters. The third-order valence-electron chi connectivity index (χ3n) is 5.54. The maximum Gasteiger partial charge on any atom is 0.230 e. The van der Waals surface area contributed by atoms with Gasteiger partial charge in [0.2, 0.25) is 6.61 Å². The van der Waals surface area contributed by atoms with Crippen LogP contribution in [0.15, 0.2) is 48.5 Å². The highest BCUT2D eigenvalue weighted by molar-refractivity contribution is 6.90. The first-order chi connectivity index (χ1) is 13.3. The van der Waals surface area contributed by atoms with E-state index in [1.807, 2.05) is 48.5 Å². The predicted molar refractivity (Wildman–Crippen MR) is 120 cm³/mol. The lowest BCUT2D eigenvalue weighted by Crippen LogP contribution is -2.43. The van der Waals surface area contributed by atoms with Gasteiger partial charge in [0.15, 0.2) is 0 Å². The smallest absolute Gasteiger partial charge is 0.230 e. The van der Waals surface area contributed by atoms with Gasteiger partial charge in [-0.3, -0.25) is 0 Å². The van der Waals surface area contributed by atoms with E-state index in [0.29, 0.717) is 16.6 Å². The zero-order chi connectivity index (χ0) is 20.7. The molecule has 28 heavy (non-hydrogen) atoms. The summed E-state index contributed by atoms with van der Waals surface area (Å²) in [4.78, 5) is 0. The van der Waals surface area contributed by atoms with Crippen molar-refractivity contribution in [3.8, 4) is 23.0 Å². The zero-order valence-electron chi connectivity index (χ0n) is 18.2. The minimum absolute atomic E-state index is 0.602. The van der Waals surface area contributed by atoms with E-state index in [9.17, 15) is 0 Å². The van der Waals surface area contributed by atoms with E-state index >= 15 is 0 Å². The largest absolute Gasteiger partial charge is 0.497 e. The van der Waals surface area contributed by atoms with Gasteiger partial charge >= 0.3 is 0 Å². The molecular formula is C25H32O2Si. The van der Waals surface area contributed by atoms with E-state index in [0.717, 1.165) is 22.6 Å². The van der Waals surface area contributed by atoms with Crippen molar-refractivity contribution in [3.05, 3.63) is 66.3 Å². The Morgan fingerprint density at radius 1 is 0.786 bits per heavy atom. The van der Waals surface area contributed by atoms with Gasteiger partial charge in [-0.1, -0.05) is 71.7 Å². The van der Waals surface area contributed by atoms with Crippen molar-refractivity contribution in [2.24, 2.45) is 0 Å². The highest BCUT2D eigenvalue weighted by Gasteiger charge is 2.41. The molecule has 0 unspecified atom stereocenters. The van der Waals surface area contributed by atoms with Crippen LogP contribution >= 0.6 is 0 Å². The van der Waals surface area contributed by atoms with Crippen LogP contribution in [0.25, 0.3) is 0 Å². The molecule has 0 aliphatic heterocycles. The Morgan fingerprint density at radius 3 is 1.89 bits per heavy atom. The Balaban J connectivity index is 2.27. The average Bonchev–Trinajstić information content (AvgIpc) is 2.67. The molecule has 2 aromatic rings. The molecule has 0 heterocycles. The number of hydrogen-bond acceptors (Lipinski definition) is 2. The summed E-state index contributed by atoms with van der Waals surface area (Å²) in [7, 11) is -0.126. The molecule has 2 radical (unpaired) electrons. The summed E-state index contributed by atoms with van der Waals surface area (Å²) in [5.74, 6) is 5.03. The van der Waals surface area contributed by atoms with Gasteiger partial charge in [0.1, 0.15) is 19.6 Å². The van der Waals surface area contributed by atoms with Crippen LogP contribution < -0.4 is 9.47 Å². The third kappa shape index (κ3) is 5.00. The maximum absolute atomic E-state index is 5.87. The molecule has 2 rings (SSSR count). The maximum atomic E-state index is 5.87. The molecule has 148 valence electrons. The zero-order valence-corrected chi connectivity index (χ0v) is 19.2. The van der Waals surface area contributed by atoms with Crippen LogP contribution in [-0.2, 0) is 0 Å². The van der Waals surface area contributed by atoms with Gasteiger partial charge in [-0.25, -0.2) is 0 Å². The second-order valence-electron chi connectivity index (χ2n) is 8.08. The van der Waals surface area contributed by atoms with Crippen molar-refractivity contribution in [3.63, 3.8) is 0 Å². The SMILES string of the molecule is COc1ccc([C]Oc2ccccc2C#C[Si](C(C)C)(C(C)C)C(C)C)cc1. The van der Waals surface area contributed by atoms with Gasteiger partial charge in [-0.2, -0.15) is 0 Å². The molecule has 0 fully saturated rings. The first kappa shape index (κ1) is 22.1. The number of methoxy groups -OCH3 is 1. The van der Waals surface area contributed by atoms with Gasteiger partial charge in [0.05, 0.1) is 12.7 Å². The van der Waals surface area contributed by atoms with Gasteiger partial charge < -0.3 is 9.47 Å². The number of para-hydroxylation sites is 1. The lowest BCUT2D eigenvalue weighted by Gasteiger charge is -2.38. The fourth-order valence-electron chi connectivity index (χ4n) is 4.04. The lowest BCUT2D eigenvalue weighted by atomic mass is 10.2. The van der Waals surface area contributed by atoms with Crippen LogP contribution in [0.5, 0.6) is 11.5 Å². The number of ether oxygens (including phenoxy) is 2. The Morgan fingerprint density at radius 2 is 1.36 bits per heavy atom. The Labute approximate surface area is 172 Å². The second-order valence-corrected chi connectivity index (χ2v) is 13.7. The summed E-state index contributed by atoms with van der Waals surface area (Å²) < 4.78 is 11.1. The Bertz CT molecular complexity index is 789. The van der Waals surface area contributed by atoms with Crippen molar-refractivity contribution in [2.45, 2.75) is 58.2 Å². The Hall–Kier alpha value is -2.18. The topological polar surface area (TPSA) is 18.5 Å². The molecule has 0 aromatic heterocycles. The molecule has 3 heteroatoms. The van der Waals surface area contributed by atoms with Crippen LogP contribution in [0, 0.1) is 18.1 Å². The van der Waals surface area contributed by atoms with Gasteiger partial charge in [0, 0.05) is 5.56 Å². The highest BCUT2D eigenvalue weighted by atomic mass is 28.3. The molecule has 2 nitrogen and oxygen atoms in total. The molecule has 0 saturated carbocycles. The van der Waals surface area contributed by atoms with Crippen LogP contribution in [0.4, 0.5) is 0 Å². The standard InChI is InChI=1S/C25H32O2Si/c1-19(2)28(20(3)4,21(5)6)17-16-23-10-8-9-11-25(23)27-18-22-12-14-24(26-7)15-13-22/h8-15,19-21H,1-7H3. The fourth-order valence-corrected chi connectivity index (χ4v) is 9.26. The van der Waals surface area contributed by atoms with Crippen molar-refractivity contribution in [2.75, 3.05) is 7.11 Å². The normalized spacial score (nSPS) is 11.5. The van der Waals surface area contributed by atoms with E-state index in [-0.39, 0.29) is 0 Å².